The van der Waals surface area contributed by atoms with Gasteiger partial charge < -0.3 is 9.47 Å². The molecule has 1 unspecified atom stereocenters. The summed E-state index contributed by atoms with van der Waals surface area (Å²) in [6.07, 6.45) is 9.48. The fourth-order valence-corrected chi connectivity index (χ4v) is 6.54. The molecule has 0 aliphatic heterocycles. The van der Waals surface area contributed by atoms with Gasteiger partial charge in [0.2, 0.25) is 0 Å². The SMILES string of the molecule is COc1cccc2c1c(OC)cc1c3c(ccc12)C(CCc1cccc(Cl)c1)CCC3.c1ccc2cnccc2c1. The molecular formula is C37H34ClNO2. The quantitative estimate of drug-likeness (QED) is 0.197. The highest BCUT2D eigenvalue weighted by molar-refractivity contribution is 6.30. The van der Waals surface area contributed by atoms with E-state index in [1.807, 2.05) is 48.8 Å². The zero-order chi connectivity index (χ0) is 28.2. The molecule has 0 amide bonds. The molecule has 6 aromatic rings. The fourth-order valence-electron chi connectivity index (χ4n) is 6.33. The molecule has 1 heterocycles. The second-order valence-corrected chi connectivity index (χ2v) is 11.1. The highest BCUT2D eigenvalue weighted by Crippen LogP contribution is 2.44. The summed E-state index contributed by atoms with van der Waals surface area (Å²) in [5.74, 6) is 2.32. The number of ether oxygens (including phenoxy) is 2. The van der Waals surface area contributed by atoms with E-state index >= 15 is 0 Å². The Kier molecular flexibility index (Phi) is 8.07. The van der Waals surface area contributed by atoms with Crippen molar-refractivity contribution in [2.24, 2.45) is 0 Å². The molecule has 206 valence electrons. The van der Waals surface area contributed by atoms with Crippen LogP contribution in [0.2, 0.25) is 5.02 Å². The highest BCUT2D eigenvalue weighted by atomic mass is 35.5. The number of nitrogens with zero attached hydrogens (tertiary/aromatic N) is 1. The third-order valence-electron chi connectivity index (χ3n) is 8.31. The molecule has 4 heteroatoms. The standard InChI is InChI=1S/C28H27ClO2.C9H7N/c1-30-26-11-5-10-24-23-15-14-21-19(13-12-18-6-3-8-20(29)16-18)7-4-9-22(21)25(23)17-27(31-2)28(24)26;1-2-4-9-7-10-6-5-8(9)3-1/h3,5-6,8,10-11,14-17,19H,4,7,9,12-13H2,1-2H3;1-7H. The van der Waals surface area contributed by atoms with E-state index in [0.717, 1.165) is 41.2 Å². The van der Waals surface area contributed by atoms with Gasteiger partial charge in [-0.3, -0.25) is 4.98 Å². The summed E-state index contributed by atoms with van der Waals surface area (Å²) in [5.41, 5.74) is 4.31. The van der Waals surface area contributed by atoms with Crippen LogP contribution in [0.1, 0.15) is 41.9 Å². The normalized spacial score (nSPS) is 14.4. The summed E-state index contributed by atoms with van der Waals surface area (Å²) < 4.78 is 11.5. The fraction of sp³-hybridized carbons (Fsp3) is 0.216. The van der Waals surface area contributed by atoms with Crippen LogP contribution in [0.15, 0.2) is 103 Å². The van der Waals surface area contributed by atoms with Crippen LogP contribution in [0.4, 0.5) is 0 Å². The molecule has 5 aromatic carbocycles. The summed E-state index contributed by atoms with van der Waals surface area (Å²) in [6.45, 7) is 0. The van der Waals surface area contributed by atoms with Crippen molar-refractivity contribution >= 4 is 43.9 Å². The zero-order valence-electron chi connectivity index (χ0n) is 23.6. The van der Waals surface area contributed by atoms with Crippen molar-refractivity contribution in [1.29, 1.82) is 0 Å². The Morgan fingerprint density at radius 2 is 1.61 bits per heavy atom. The van der Waals surface area contributed by atoms with Gasteiger partial charge in [0.15, 0.2) is 0 Å². The van der Waals surface area contributed by atoms with Gasteiger partial charge in [0.25, 0.3) is 0 Å². The first-order valence-corrected chi connectivity index (χ1v) is 14.7. The Morgan fingerprint density at radius 1 is 0.780 bits per heavy atom. The van der Waals surface area contributed by atoms with Crippen molar-refractivity contribution < 1.29 is 9.47 Å². The summed E-state index contributed by atoms with van der Waals surface area (Å²) in [6, 6.07) is 31.6. The van der Waals surface area contributed by atoms with Gasteiger partial charge >= 0.3 is 0 Å². The van der Waals surface area contributed by atoms with E-state index in [1.54, 1.807) is 14.2 Å². The molecule has 1 aliphatic rings. The lowest BCUT2D eigenvalue weighted by atomic mass is 9.77. The van der Waals surface area contributed by atoms with E-state index in [4.69, 9.17) is 21.1 Å². The summed E-state index contributed by atoms with van der Waals surface area (Å²) >= 11 is 6.19. The van der Waals surface area contributed by atoms with Crippen molar-refractivity contribution in [2.75, 3.05) is 14.2 Å². The molecule has 0 bridgehead atoms. The summed E-state index contributed by atoms with van der Waals surface area (Å²) in [7, 11) is 3.46. The van der Waals surface area contributed by atoms with E-state index in [0.29, 0.717) is 5.92 Å². The Balaban J connectivity index is 0.000000253. The number of hydrogen-bond donors (Lipinski definition) is 0. The molecule has 1 aromatic heterocycles. The van der Waals surface area contributed by atoms with Crippen LogP contribution >= 0.6 is 11.6 Å². The molecular weight excluding hydrogens is 526 g/mol. The lowest BCUT2D eigenvalue weighted by Gasteiger charge is -2.27. The maximum Gasteiger partial charge on any atom is 0.131 e. The monoisotopic (exact) mass is 559 g/mol. The van der Waals surface area contributed by atoms with Crippen molar-refractivity contribution in [2.45, 2.75) is 38.0 Å². The van der Waals surface area contributed by atoms with Crippen molar-refractivity contribution in [3.8, 4) is 11.5 Å². The summed E-state index contributed by atoms with van der Waals surface area (Å²) in [5, 5.41) is 8.11. The van der Waals surface area contributed by atoms with Crippen LogP contribution < -0.4 is 9.47 Å². The maximum atomic E-state index is 6.19. The molecule has 3 nitrogen and oxygen atoms in total. The van der Waals surface area contributed by atoms with Crippen molar-refractivity contribution in [3.05, 3.63) is 125 Å². The zero-order valence-corrected chi connectivity index (χ0v) is 24.3. The van der Waals surface area contributed by atoms with E-state index in [1.165, 1.54) is 56.5 Å². The molecule has 0 fully saturated rings. The first-order valence-electron chi connectivity index (χ1n) is 14.3. The van der Waals surface area contributed by atoms with Gasteiger partial charge in [-0.15, -0.1) is 0 Å². The molecule has 0 saturated carbocycles. The molecule has 1 aliphatic carbocycles. The molecule has 0 N–H and O–H groups in total. The third kappa shape index (κ3) is 5.60. The van der Waals surface area contributed by atoms with E-state index in [2.05, 4.69) is 59.6 Å². The predicted octanol–water partition coefficient (Wildman–Crippen LogP) is 9.95. The molecule has 1 atom stereocenters. The number of hydrogen-bond acceptors (Lipinski definition) is 3. The number of fused-ring (bicyclic) bond motifs is 6. The molecule has 0 radical (unpaired) electrons. The predicted molar refractivity (Wildman–Crippen MR) is 172 cm³/mol. The minimum atomic E-state index is 0.583. The van der Waals surface area contributed by atoms with Gasteiger partial charge in [-0.2, -0.15) is 0 Å². The Morgan fingerprint density at radius 3 is 2.41 bits per heavy atom. The average Bonchev–Trinajstić information content (AvgIpc) is 3.03. The Bertz CT molecular complexity index is 1760. The van der Waals surface area contributed by atoms with E-state index in [-0.39, 0.29) is 0 Å². The van der Waals surface area contributed by atoms with Crippen molar-refractivity contribution in [1.82, 2.24) is 4.98 Å². The van der Waals surface area contributed by atoms with Crippen LogP contribution in [0, 0.1) is 0 Å². The van der Waals surface area contributed by atoms with Gasteiger partial charge in [0.1, 0.15) is 11.5 Å². The lowest BCUT2D eigenvalue weighted by molar-refractivity contribution is 0.405. The third-order valence-corrected chi connectivity index (χ3v) is 8.55. The number of aromatic nitrogens is 1. The van der Waals surface area contributed by atoms with Crippen LogP contribution in [0.3, 0.4) is 0 Å². The minimum absolute atomic E-state index is 0.583. The van der Waals surface area contributed by atoms with Gasteiger partial charge in [-0.1, -0.05) is 72.3 Å². The molecule has 0 saturated heterocycles. The van der Waals surface area contributed by atoms with Gasteiger partial charge in [0.05, 0.1) is 19.6 Å². The van der Waals surface area contributed by atoms with Gasteiger partial charge in [0, 0.05) is 17.4 Å². The second-order valence-electron chi connectivity index (χ2n) is 10.7. The number of rotatable bonds is 5. The number of halogens is 1. The second kappa shape index (κ2) is 12.2. The first-order chi connectivity index (χ1) is 20.2. The van der Waals surface area contributed by atoms with Crippen LogP contribution in [-0.4, -0.2) is 19.2 Å². The largest absolute Gasteiger partial charge is 0.496 e. The maximum absolute atomic E-state index is 6.19. The van der Waals surface area contributed by atoms with Gasteiger partial charge in [-0.25, -0.2) is 0 Å². The van der Waals surface area contributed by atoms with Crippen LogP contribution in [-0.2, 0) is 12.8 Å². The summed E-state index contributed by atoms with van der Waals surface area (Å²) in [4.78, 5) is 4.01. The van der Waals surface area contributed by atoms with E-state index in [9.17, 15) is 0 Å². The minimum Gasteiger partial charge on any atom is -0.496 e. The first kappa shape index (κ1) is 27.1. The molecule has 7 rings (SSSR count). The van der Waals surface area contributed by atoms with Crippen LogP contribution in [0.25, 0.3) is 32.3 Å². The Hall–Kier alpha value is -4.08. The van der Waals surface area contributed by atoms with E-state index < -0.39 is 0 Å². The number of pyridine rings is 1. The number of aryl methyl sites for hydroxylation is 2. The smallest absolute Gasteiger partial charge is 0.131 e. The topological polar surface area (TPSA) is 31.4 Å². The molecule has 0 spiro atoms. The average molecular weight is 560 g/mol. The number of benzene rings is 5. The Labute approximate surface area is 246 Å². The lowest BCUT2D eigenvalue weighted by Crippen LogP contribution is -2.11. The van der Waals surface area contributed by atoms with Gasteiger partial charge in [-0.05, 0) is 112 Å². The van der Waals surface area contributed by atoms with Crippen molar-refractivity contribution in [3.63, 3.8) is 0 Å². The van der Waals surface area contributed by atoms with Crippen LogP contribution in [0.5, 0.6) is 11.5 Å². The number of methoxy groups -OCH3 is 2. The molecule has 41 heavy (non-hydrogen) atoms. The highest BCUT2D eigenvalue weighted by Gasteiger charge is 2.23.